The summed E-state index contributed by atoms with van der Waals surface area (Å²) in [5.74, 6) is 0.104. The fraction of sp³-hybridized carbons (Fsp3) is 0.706. The number of hydrogen-bond acceptors (Lipinski definition) is 5. The molecule has 24 heavy (non-hydrogen) atoms. The first kappa shape index (κ1) is 17.1. The Bertz CT molecular complexity index is 543. The Hall–Kier alpha value is -1.73. The first-order chi connectivity index (χ1) is 11.8. The summed E-state index contributed by atoms with van der Waals surface area (Å²) in [5, 5.41) is 7.15. The normalized spacial score (nSPS) is 22.2. The smallest absolute Gasteiger partial charge is 0.234 e. The number of aromatic nitrogens is 3. The van der Waals surface area contributed by atoms with Gasteiger partial charge in [0, 0.05) is 19.6 Å². The summed E-state index contributed by atoms with van der Waals surface area (Å²) < 4.78 is 7.52. The van der Waals surface area contributed by atoms with Crippen LogP contribution >= 0.6 is 0 Å². The van der Waals surface area contributed by atoms with E-state index in [1.54, 1.807) is 11.0 Å². The highest BCUT2D eigenvalue weighted by molar-refractivity contribution is 5.78. The van der Waals surface area contributed by atoms with E-state index in [0.29, 0.717) is 19.7 Å². The number of morpholine rings is 1. The molecule has 7 heteroatoms. The van der Waals surface area contributed by atoms with Crippen LogP contribution in [0.1, 0.15) is 32.1 Å². The molecule has 1 saturated heterocycles. The average Bonchev–Trinajstić information content (AvgIpc) is 3.09. The Morgan fingerprint density at radius 1 is 1.42 bits per heavy atom. The van der Waals surface area contributed by atoms with E-state index in [1.165, 1.54) is 37.6 Å². The highest BCUT2D eigenvalue weighted by Gasteiger charge is 2.22. The molecule has 1 aromatic heterocycles. The zero-order chi connectivity index (χ0) is 16.6. The van der Waals surface area contributed by atoms with Gasteiger partial charge in [0.2, 0.25) is 5.91 Å². The number of nitrogens with zero attached hydrogens (tertiary/aromatic N) is 4. The maximum absolute atomic E-state index is 12.1. The monoisotopic (exact) mass is 333 g/mol. The van der Waals surface area contributed by atoms with E-state index >= 15 is 0 Å². The van der Waals surface area contributed by atoms with Gasteiger partial charge < -0.3 is 10.1 Å². The van der Waals surface area contributed by atoms with E-state index in [2.05, 4.69) is 26.4 Å². The highest BCUT2D eigenvalue weighted by atomic mass is 16.5. The number of amides is 1. The number of rotatable bonds is 7. The fourth-order valence-electron chi connectivity index (χ4n) is 3.32. The second-order valence-electron chi connectivity index (χ2n) is 6.55. The molecular weight excluding hydrogens is 306 g/mol. The number of hydrogen-bond donors (Lipinski definition) is 1. The lowest BCUT2D eigenvalue weighted by molar-refractivity contribution is -0.124. The minimum atomic E-state index is 0.0562. The molecule has 1 fully saturated rings. The third kappa shape index (κ3) is 5.42. The molecule has 0 aromatic carbocycles. The topological polar surface area (TPSA) is 72.3 Å². The molecular formula is C17H27N5O2. The molecule has 0 saturated carbocycles. The van der Waals surface area contributed by atoms with Gasteiger partial charge in [-0.25, -0.2) is 4.98 Å². The second kappa shape index (κ2) is 8.94. The molecule has 132 valence electrons. The predicted molar refractivity (Wildman–Crippen MR) is 90.4 cm³/mol. The van der Waals surface area contributed by atoms with E-state index in [-0.39, 0.29) is 12.0 Å². The van der Waals surface area contributed by atoms with Crippen LogP contribution in [0.2, 0.25) is 0 Å². The zero-order valence-electron chi connectivity index (χ0n) is 14.2. The summed E-state index contributed by atoms with van der Waals surface area (Å²) in [6.07, 6.45) is 11.6. The van der Waals surface area contributed by atoms with Crippen LogP contribution in [0, 0.1) is 0 Å². The van der Waals surface area contributed by atoms with Crippen LogP contribution in [0.5, 0.6) is 0 Å². The van der Waals surface area contributed by atoms with Gasteiger partial charge in [0.15, 0.2) is 0 Å². The third-order valence-corrected chi connectivity index (χ3v) is 4.60. The number of nitrogens with one attached hydrogen (secondary N) is 1. The van der Waals surface area contributed by atoms with Crippen molar-refractivity contribution in [1.82, 2.24) is 25.0 Å². The third-order valence-electron chi connectivity index (χ3n) is 4.60. The molecule has 1 aromatic rings. The van der Waals surface area contributed by atoms with Crippen molar-refractivity contribution < 1.29 is 9.53 Å². The Labute approximate surface area is 143 Å². The molecule has 1 aliphatic carbocycles. The predicted octanol–water partition coefficient (Wildman–Crippen LogP) is 0.986. The van der Waals surface area contributed by atoms with Gasteiger partial charge in [-0.05, 0) is 32.1 Å². The molecule has 2 heterocycles. The number of ether oxygens (including phenoxy) is 1. The Kier molecular flexibility index (Phi) is 6.37. The first-order valence-corrected chi connectivity index (χ1v) is 8.90. The molecule has 0 radical (unpaired) electrons. The van der Waals surface area contributed by atoms with Crippen molar-refractivity contribution in [3.63, 3.8) is 0 Å². The summed E-state index contributed by atoms with van der Waals surface area (Å²) in [4.78, 5) is 18.2. The molecule has 3 rings (SSSR count). The molecule has 7 nitrogen and oxygen atoms in total. The Balaban J connectivity index is 1.35. The lowest BCUT2D eigenvalue weighted by atomic mass is 9.97. The van der Waals surface area contributed by atoms with Crippen molar-refractivity contribution >= 4 is 5.91 Å². The SMILES string of the molecule is O=C(CN1CCO[C@@H](Cn2cncn2)C1)NCCC1=CCCCC1. The van der Waals surface area contributed by atoms with Gasteiger partial charge in [0.1, 0.15) is 12.7 Å². The van der Waals surface area contributed by atoms with E-state index in [4.69, 9.17) is 4.74 Å². The Morgan fingerprint density at radius 2 is 2.38 bits per heavy atom. The lowest BCUT2D eigenvalue weighted by Gasteiger charge is -2.32. The van der Waals surface area contributed by atoms with Crippen LogP contribution in [0.4, 0.5) is 0 Å². The highest BCUT2D eigenvalue weighted by Crippen LogP contribution is 2.19. The molecule has 2 aliphatic rings. The molecule has 0 spiro atoms. The summed E-state index contributed by atoms with van der Waals surface area (Å²) in [6.45, 7) is 4.06. The van der Waals surface area contributed by atoms with Crippen LogP contribution in [-0.2, 0) is 16.1 Å². The largest absolute Gasteiger partial charge is 0.374 e. The maximum Gasteiger partial charge on any atom is 0.234 e. The van der Waals surface area contributed by atoms with Crippen molar-refractivity contribution in [3.05, 3.63) is 24.3 Å². The standard InChI is InChI=1S/C17H27N5O2/c23-17(19-7-6-15-4-2-1-3-5-15)12-21-8-9-24-16(10-21)11-22-14-18-13-20-22/h4,13-14,16H,1-3,5-12H2,(H,19,23)/t16-/m1/s1. The number of allylic oxidation sites excluding steroid dienone is 1. The van der Waals surface area contributed by atoms with Crippen molar-refractivity contribution in [2.45, 2.75) is 44.8 Å². The Morgan fingerprint density at radius 3 is 3.17 bits per heavy atom. The summed E-state index contributed by atoms with van der Waals surface area (Å²) in [7, 11) is 0. The van der Waals surface area contributed by atoms with Crippen LogP contribution in [0.3, 0.4) is 0 Å². The van der Waals surface area contributed by atoms with Gasteiger partial charge in [-0.15, -0.1) is 0 Å². The van der Waals surface area contributed by atoms with E-state index < -0.39 is 0 Å². The lowest BCUT2D eigenvalue weighted by Crippen LogP contribution is -2.48. The van der Waals surface area contributed by atoms with Crippen LogP contribution in [-0.4, -0.2) is 64.5 Å². The second-order valence-corrected chi connectivity index (χ2v) is 6.55. The van der Waals surface area contributed by atoms with Gasteiger partial charge in [-0.1, -0.05) is 11.6 Å². The zero-order valence-corrected chi connectivity index (χ0v) is 14.2. The summed E-state index contributed by atoms with van der Waals surface area (Å²) >= 11 is 0. The van der Waals surface area contributed by atoms with Crippen molar-refractivity contribution in [2.24, 2.45) is 0 Å². The quantitative estimate of drug-likeness (QED) is 0.753. The molecule has 0 bridgehead atoms. The fourth-order valence-corrected chi connectivity index (χ4v) is 3.32. The molecule has 0 unspecified atom stereocenters. The van der Waals surface area contributed by atoms with Crippen LogP contribution < -0.4 is 5.32 Å². The van der Waals surface area contributed by atoms with Crippen molar-refractivity contribution in [2.75, 3.05) is 32.8 Å². The number of carbonyl (C=O) groups excluding carboxylic acids is 1. The van der Waals surface area contributed by atoms with Crippen LogP contribution in [0.15, 0.2) is 24.3 Å². The van der Waals surface area contributed by atoms with E-state index in [9.17, 15) is 4.79 Å². The average molecular weight is 333 g/mol. The van der Waals surface area contributed by atoms with Gasteiger partial charge in [0.05, 0.1) is 25.8 Å². The molecule has 1 aliphatic heterocycles. The molecule has 1 atom stereocenters. The van der Waals surface area contributed by atoms with Gasteiger partial charge in [0.25, 0.3) is 0 Å². The molecule has 1 amide bonds. The van der Waals surface area contributed by atoms with E-state index in [0.717, 1.165) is 26.1 Å². The summed E-state index contributed by atoms with van der Waals surface area (Å²) in [5.41, 5.74) is 1.50. The van der Waals surface area contributed by atoms with E-state index in [1.807, 2.05) is 0 Å². The minimum Gasteiger partial charge on any atom is -0.374 e. The van der Waals surface area contributed by atoms with Crippen molar-refractivity contribution in [3.8, 4) is 0 Å². The molecule has 1 N–H and O–H groups in total. The van der Waals surface area contributed by atoms with Gasteiger partial charge in [-0.2, -0.15) is 5.10 Å². The summed E-state index contributed by atoms with van der Waals surface area (Å²) in [6, 6.07) is 0. The maximum atomic E-state index is 12.1. The van der Waals surface area contributed by atoms with Gasteiger partial charge >= 0.3 is 0 Å². The number of carbonyl (C=O) groups is 1. The minimum absolute atomic E-state index is 0.0562. The van der Waals surface area contributed by atoms with Gasteiger partial charge in [-0.3, -0.25) is 14.4 Å². The van der Waals surface area contributed by atoms with Crippen molar-refractivity contribution in [1.29, 1.82) is 0 Å². The first-order valence-electron chi connectivity index (χ1n) is 8.90. The van der Waals surface area contributed by atoms with Crippen LogP contribution in [0.25, 0.3) is 0 Å².